The topological polar surface area (TPSA) is 66.8 Å². The van der Waals surface area contributed by atoms with Crippen LogP contribution in [-0.2, 0) is 14.3 Å². The number of carbonyl (C=O) groups is 2. The van der Waals surface area contributed by atoms with Gasteiger partial charge >= 0.3 is 5.97 Å². The van der Waals surface area contributed by atoms with Crippen molar-refractivity contribution in [2.75, 3.05) is 7.11 Å². The summed E-state index contributed by atoms with van der Waals surface area (Å²) in [6, 6.07) is -0.412. The number of aliphatic hydroxyl groups is 1. The van der Waals surface area contributed by atoms with Gasteiger partial charge in [0.15, 0.2) is 0 Å². The van der Waals surface area contributed by atoms with Gasteiger partial charge in [-0.3, -0.25) is 4.79 Å². The number of methoxy groups -OCH3 is 1. The molecule has 0 aromatic carbocycles. The van der Waals surface area contributed by atoms with E-state index < -0.39 is 12.1 Å². The lowest BCUT2D eigenvalue weighted by molar-refractivity contribution is -0.155. The Balaban J connectivity index is 2.14. The van der Waals surface area contributed by atoms with E-state index in [2.05, 4.69) is 4.74 Å². The first-order valence-corrected chi connectivity index (χ1v) is 5.20. The Morgan fingerprint density at radius 1 is 1.53 bits per heavy atom. The van der Waals surface area contributed by atoms with Crippen molar-refractivity contribution in [2.24, 2.45) is 0 Å². The minimum Gasteiger partial charge on any atom is -0.467 e. The number of hydrogen-bond acceptors (Lipinski definition) is 4. The molecule has 1 N–H and O–H groups in total. The molecule has 2 aliphatic heterocycles. The van der Waals surface area contributed by atoms with Gasteiger partial charge in [0.25, 0.3) is 0 Å². The van der Waals surface area contributed by atoms with Gasteiger partial charge in [0, 0.05) is 6.04 Å². The van der Waals surface area contributed by atoms with Crippen LogP contribution >= 0.6 is 0 Å². The van der Waals surface area contributed by atoms with E-state index >= 15 is 0 Å². The fraction of sp³-hybridized carbons (Fsp3) is 0.800. The second kappa shape index (κ2) is 3.81. The first-order valence-electron chi connectivity index (χ1n) is 5.20. The van der Waals surface area contributed by atoms with Gasteiger partial charge in [0.2, 0.25) is 5.91 Å². The monoisotopic (exact) mass is 213 g/mol. The number of carbonyl (C=O) groups excluding carboxylic acids is 2. The molecule has 3 atom stereocenters. The van der Waals surface area contributed by atoms with E-state index in [-0.39, 0.29) is 24.3 Å². The third-order valence-electron chi connectivity index (χ3n) is 3.22. The van der Waals surface area contributed by atoms with Gasteiger partial charge in [-0.05, 0) is 19.3 Å². The van der Waals surface area contributed by atoms with E-state index in [1.807, 2.05) is 0 Å². The second-order valence-corrected chi connectivity index (χ2v) is 4.16. The Hall–Kier alpha value is -1.10. The van der Waals surface area contributed by atoms with Gasteiger partial charge in [0.1, 0.15) is 6.04 Å². The molecule has 2 aliphatic rings. The summed E-state index contributed by atoms with van der Waals surface area (Å²) in [6.45, 7) is 0. The Morgan fingerprint density at radius 3 is 2.93 bits per heavy atom. The van der Waals surface area contributed by atoms with Gasteiger partial charge in [0.05, 0.1) is 19.6 Å². The standard InChI is InChI=1S/C10H15NO4/c1-15-10(14)8-3-2-6-4-7(12)5-9(13)11(6)8/h6-8,12H,2-5H2,1H3. The molecule has 15 heavy (non-hydrogen) atoms. The maximum atomic E-state index is 11.7. The number of hydrogen-bond donors (Lipinski definition) is 1. The summed E-state index contributed by atoms with van der Waals surface area (Å²) in [5, 5.41) is 9.45. The maximum absolute atomic E-state index is 11.7. The highest BCUT2D eigenvalue weighted by Gasteiger charge is 2.45. The van der Waals surface area contributed by atoms with E-state index in [4.69, 9.17) is 0 Å². The van der Waals surface area contributed by atoms with Crippen LogP contribution in [0.4, 0.5) is 0 Å². The van der Waals surface area contributed by atoms with Gasteiger partial charge in [-0.2, -0.15) is 0 Å². The minimum absolute atomic E-state index is 0.0188. The second-order valence-electron chi connectivity index (χ2n) is 4.16. The third kappa shape index (κ3) is 1.71. The zero-order valence-electron chi connectivity index (χ0n) is 8.68. The molecule has 1 amide bonds. The third-order valence-corrected chi connectivity index (χ3v) is 3.22. The van der Waals surface area contributed by atoms with E-state index in [1.54, 1.807) is 4.90 Å². The van der Waals surface area contributed by atoms with Crippen molar-refractivity contribution in [2.45, 2.75) is 43.9 Å². The molecule has 3 unspecified atom stereocenters. The molecule has 0 aromatic heterocycles. The molecule has 84 valence electrons. The lowest BCUT2D eigenvalue weighted by Crippen LogP contribution is -2.50. The highest BCUT2D eigenvalue weighted by Crippen LogP contribution is 2.32. The molecule has 0 aliphatic carbocycles. The number of piperidine rings is 1. The number of rotatable bonds is 1. The molecular formula is C10H15NO4. The highest BCUT2D eigenvalue weighted by atomic mass is 16.5. The normalized spacial score (nSPS) is 35.2. The number of aliphatic hydroxyl groups excluding tert-OH is 1. The van der Waals surface area contributed by atoms with Crippen molar-refractivity contribution in [3.8, 4) is 0 Å². The molecule has 0 radical (unpaired) electrons. The van der Waals surface area contributed by atoms with Crippen LogP contribution in [-0.4, -0.2) is 47.2 Å². The number of nitrogens with zero attached hydrogens (tertiary/aromatic N) is 1. The zero-order valence-corrected chi connectivity index (χ0v) is 8.68. The fourth-order valence-corrected chi connectivity index (χ4v) is 2.56. The summed E-state index contributed by atoms with van der Waals surface area (Å²) >= 11 is 0. The van der Waals surface area contributed by atoms with Crippen molar-refractivity contribution >= 4 is 11.9 Å². The van der Waals surface area contributed by atoms with Gasteiger partial charge in [-0.1, -0.05) is 0 Å². The first-order chi connectivity index (χ1) is 7.13. The van der Waals surface area contributed by atoms with Crippen molar-refractivity contribution in [1.29, 1.82) is 0 Å². The zero-order chi connectivity index (χ0) is 11.0. The average Bonchev–Trinajstić information content (AvgIpc) is 2.60. The molecule has 0 saturated carbocycles. The lowest BCUT2D eigenvalue weighted by atomic mass is 10.00. The van der Waals surface area contributed by atoms with Crippen LogP contribution < -0.4 is 0 Å². The van der Waals surface area contributed by atoms with Crippen molar-refractivity contribution in [1.82, 2.24) is 4.90 Å². The molecule has 5 nitrogen and oxygen atoms in total. The van der Waals surface area contributed by atoms with E-state index in [1.165, 1.54) is 7.11 Å². The van der Waals surface area contributed by atoms with Crippen LogP contribution in [0.3, 0.4) is 0 Å². The lowest BCUT2D eigenvalue weighted by Gasteiger charge is -2.35. The van der Waals surface area contributed by atoms with Crippen LogP contribution in [0.1, 0.15) is 25.7 Å². The molecule has 0 bridgehead atoms. The fourth-order valence-electron chi connectivity index (χ4n) is 2.56. The van der Waals surface area contributed by atoms with Crippen LogP contribution in [0.5, 0.6) is 0 Å². The largest absolute Gasteiger partial charge is 0.467 e. The molecule has 2 heterocycles. The van der Waals surface area contributed by atoms with Crippen LogP contribution in [0.25, 0.3) is 0 Å². The van der Waals surface area contributed by atoms with E-state index in [0.717, 1.165) is 6.42 Å². The number of esters is 1. The van der Waals surface area contributed by atoms with Crippen molar-refractivity contribution < 1.29 is 19.4 Å². The van der Waals surface area contributed by atoms with E-state index in [9.17, 15) is 14.7 Å². The number of ether oxygens (including phenoxy) is 1. The average molecular weight is 213 g/mol. The quantitative estimate of drug-likeness (QED) is 0.606. The molecule has 0 spiro atoms. The SMILES string of the molecule is COC(=O)C1CCC2CC(O)CC(=O)N21. The van der Waals surface area contributed by atoms with Crippen molar-refractivity contribution in [3.63, 3.8) is 0 Å². The Morgan fingerprint density at radius 2 is 2.27 bits per heavy atom. The predicted molar refractivity (Wildman–Crippen MR) is 50.9 cm³/mol. The first kappa shape index (κ1) is 10.4. The number of fused-ring (bicyclic) bond motifs is 1. The predicted octanol–water partition coefficient (Wildman–Crippen LogP) is -0.326. The summed E-state index contributed by atoms with van der Waals surface area (Å²) in [6.07, 6.45) is 1.59. The molecule has 2 saturated heterocycles. The van der Waals surface area contributed by atoms with Crippen LogP contribution in [0, 0.1) is 0 Å². The summed E-state index contributed by atoms with van der Waals surface area (Å²) in [4.78, 5) is 24.7. The summed E-state index contributed by atoms with van der Waals surface area (Å²) in [7, 11) is 1.33. The van der Waals surface area contributed by atoms with Crippen LogP contribution in [0.15, 0.2) is 0 Å². The van der Waals surface area contributed by atoms with Crippen molar-refractivity contribution in [3.05, 3.63) is 0 Å². The molecule has 2 fully saturated rings. The smallest absolute Gasteiger partial charge is 0.328 e. The summed E-state index contributed by atoms with van der Waals surface area (Å²) < 4.78 is 4.66. The Kier molecular flexibility index (Phi) is 2.65. The van der Waals surface area contributed by atoms with Gasteiger partial charge in [-0.15, -0.1) is 0 Å². The molecule has 2 rings (SSSR count). The van der Waals surface area contributed by atoms with E-state index in [0.29, 0.717) is 12.8 Å². The minimum atomic E-state index is -0.546. The Bertz CT molecular complexity index is 291. The van der Waals surface area contributed by atoms with Gasteiger partial charge < -0.3 is 14.7 Å². The summed E-state index contributed by atoms with van der Waals surface area (Å²) in [5.74, 6) is -0.478. The summed E-state index contributed by atoms with van der Waals surface area (Å²) in [5.41, 5.74) is 0. The maximum Gasteiger partial charge on any atom is 0.328 e. The van der Waals surface area contributed by atoms with Crippen LogP contribution in [0.2, 0.25) is 0 Å². The molecule has 0 aromatic rings. The molecule has 5 heteroatoms. The van der Waals surface area contributed by atoms with Gasteiger partial charge in [-0.25, -0.2) is 4.79 Å². The molecular weight excluding hydrogens is 198 g/mol. The highest BCUT2D eigenvalue weighted by molar-refractivity contribution is 5.86. The number of amides is 1. The Labute approximate surface area is 88.0 Å².